The molecule has 0 saturated heterocycles. The normalized spacial score (nSPS) is 17.1. The number of rotatable bonds is 4. The molecule has 120 valence electrons. The predicted molar refractivity (Wildman–Crippen MR) is 89.0 cm³/mol. The molecule has 0 spiro atoms. The number of thioether (sulfide) groups is 1. The zero-order valence-corrected chi connectivity index (χ0v) is 13.6. The number of fused-ring (bicyclic) bond motifs is 1. The number of nitrogen functional groups attached to an aromatic ring is 1. The highest BCUT2D eigenvalue weighted by Gasteiger charge is 2.29. The van der Waals surface area contributed by atoms with Crippen LogP contribution >= 0.6 is 11.8 Å². The number of anilines is 1. The molecule has 0 atom stereocenters. The van der Waals surface area contributed by atoms with E-state index in [-0.39, 0.29) is 5.91 Å². The average Bonchev–Trinajstić information content (AvgIpc) is 3.35. The zero-order valence-electron chi connectivity index (χ0n) is 12.8. The second kappa shape index (κ2) is 5.88. The summed E-state index contributed by atoms with van der Waals surface area (Å²) in [6.07, 6.45) is 3.16. The van der Waals surface area contributed by atoms with Gasteiger partial charge >= 0.3 is 0 Å². The van der Waals surface area contributed by atoms with Gasteiger partial charge in [-0.25, -0.2) is 0 Å². The van der Waals surface area contributed by atoms with E-state index in [2.05, 4.69) is 28.4 Å². The molecule has 1 aliphatic heterocycles. The maximum Gasteiger partial charge on any atom is 0.233 e. The molecule has 4 rings (SSSR count). The Morgan fingerprint density at radius 3 is 2.83 bits per heavy atom. The Kier molecular flexibility index (Phi) is 3.72. The van der Waals surface area contributed by atoms with Crippen LogP contribution in [0.1, 0.15) is 30.0 Å². The van der Waals surface area contributed by atoms with Gasteiger partial charge in [0.25, 0.3) is 0 Å². The van der Waals surface area contributed by atoms with Gasteiger partial charge in [-0.1, -0.05) is 36.0 Å². The van der Waals surface area contributed by atoms with Crippen LogP contribution in [0.15, 0.2) is 29.4 Å². The number of nitrogens with zero attached hydrogens (tertiary/aromatic N) is 4. The number of hydrogen-bond donors (Lipinski definition) is 1. The van der Waals surface area contributed by atoms with Gasteiger partial charge in [-0.3, -0.25) is 9.36 Å². The number of hydrogen-bond acceptors (Lipinski definition) is 5. The summed E-state index contributed by atoms with van der Waals surface area (Å²) < 4.78 is 1.96. The van der Waals surface area contributed by atoms with Crippen LogP contribution in [0.3, 0.4) is 0 Å². The summed E-state index contributed by atoms with van der Waals surface area (Å²) in [4.78, 5) is 14.4. The fourth-order valence-corrected chi connectivity index (χ4v) is 3.90. The van der Waals surface area contributed by atoms with Crippen molar-refractivity contribution in [3.8, 4) is 0 Å². The van der Waals surface area contributed by atoms with Gasteiger partial charge < -0.3 is 10.6 Å². The first-order valence-corrected chi connectivity index (χ1v) is 8.88. The molecule has 1 aromatic heterocycles. The minimum Gasteiger partial charge on any atom is -0.368 e. The minimum absolute atomic E-state index is 0.147. The number of aromatic nitrogens is 3. The molecular weight excluding hydrogens is 310 g/mol. The molecular formula is C16H19N5OS. The molecule has 1 fully saturated rings. The summed E-state index contributed by atoms with van der Waals surface area (Å²) in [5.41, 5.74) is 8.47. The molecule has 1 amide bonds. The zero-order chi connectivity index (χ0) is 15.8. The Hall–Kier alpha value is -2.02. The van der Waals surface area contributed by atoms with Crippen molar-refractivity contribution >= 4 is 23.6 Å². The van der Waals surface area contributed by atoms with Crippen LogP contribution in [0, 0.1) is 0 Å². The van der Waals surface area contributed by atoms with Crippen LogP contribution in [-0.2, 0) is 17.8 Å². The summed E-state index contributed by atoms with van der Waals surface area (Å²) >= 11 is 1.44. The van der Waals surface area contributed by atoms with Crippen molar-refractivity contribution in [3.63, 3.8) is 0 Å². The Morgan fingerprint density at radius 1 is 1.26 bits per heavy atom. The van der Waals surface area contributed by atoms with Crippen LogP contribution in [0.25, 0.3) is 0 Å². The first kappa shape index (κ1) is 14.6. The second-order valence-corrected chi connectivity index (χ2v) is 7.01. The topological polar surface area (TPSA) is 77.0 Å². The van der Waals surface area contributed by atoms with Crippen LogP contribution in [0.2, 0.25) is 0 Å². The van der Waals surface area contributed by atoms with Crippen molar-refractivity contribution in [2.45, 2.75) is 37.0 Å². The first-order chi connectivity index (χ1) is 11.2. The predicted octanol–water partition coefficient (Wildman–Crippen LogP) is 1.87. The lowest BCUT2D eigenvalue weighted by Crippen LogP contribution is -2.37. The first-order valence-electron chi connectivity index (χ1n) is 7.90. The smallest absolute Gasteiger partial charge is 0.233 e. The largest absolute Gasteiger partial charge is 0.368 e. The summed E-state index contributed by atoms with van der Waals surface area (Å²) in [5.74, 6) is 0.982. The van der Waals surface area contributed by atoms with Crippen molar-refractivity contribution in [2.24, 2.45) is 0 Å². The van der Waals surface area contributed by atoms with Gasteiger partial charge in [0.05, 0.1) is 5.75 Å². The molecule has 2 aliphatic rings. The fourth-order valence-electron chi connectivity index (χ4n) is 2.99. The second-order valence-electron chi connectivity index (χ2n) is 6.06. The monoisotopic (exact) mass is 329 g/mol. The van der Waals surface area contributed by atoms with E-state index in [1.165, 1.54) is 22.9 Å². The highest BCUT2D eigenvalue weighted by molar-refractivity contribution is 7.99. The molecule has 6 nitrogen and oxygen atoms in total. The molecule has 0 radical (unpaired) electrons. The number of carbonyl (C=O) groups is 1. The molecule has 0 bridgehead atoms. The molecule has 1 saturated carbocycles. The Bertz CT molecular complexity index is 740. The maximum atomic E-state index is 12.5. The Labute approximate surface area is 139 Å². The minimum atomic E-state index is 0.147. The van der Waals surface area contributed by atoms with Crippen LogP contribution < -0.4 is 5.73 Å². The van der Waals surface area contributed by atoms with Crippen molar-refractivity contribution in [2.75, 3.05) is 18.0 Å². The molecule has 1 aromatic carbocycles. The van der Waals surface area contributed by atoms with E-state index >= 15 is 0 Å². The number of amides is 1. The van der Waals surface area contributed by atoms with E-state index in [1.54, 1.807) is 0 Å². The fraction of sp³-hybridized carbons (Fsp3) is 0.438. The Morgan fingerprint density at radius 2 is 2.04 bits per heavy atom. The number of carbonyl (C=O) groups excluding carboxylic acids is 1. The summed E-state index contributed by atoms with van der Waals surface area (Å²) in [5, 5.41) is 8.81. The van der Waals surface area contributed by atoms with E-state index in [4.69, 9.17) is 5.73 Å². The van der Waals surface area contributed by atoms with Crippen molar-refractivity contribution in [1.29, 1.82) is 0 Å². The third-order valence-corrected chi connectivity index (χ3v) is 5.34. The van der Waals surface area contributed by atoms with Crippen molar-refractivity contribution in [3.05, 3.63) is 35.4 Å². The SMILES string of the molecule is Nc1nnc(SCC(=O)N2CCc3ccccc3C2)n1C1CC1. The lowest BCUT2D eigenvalue weighted by molar-refractivity contribution is -0.129. The van der Waals surface area contributed by atoms with Gasteiger partial charge in [-0.15, -0.1) is 10.2 Å². The van der Waals surface area contributed by atoms with Gasteiger partial charge in [0.1, 0.15) is 0 Å². The van der Waals surface area contributed by atoms with E-state index in [9.17, 15) is 4.79 Å². The molecule has 1 aliphatic carbocycles. The van der Waals surface area contributed by atoms with Crippen LogP contribution in [-0.4, -0.2) is 37.9 Å². The van der Waals surface area contributed by atoms with E-state index in [0.717, 1.165) is 31.0 Å². The lowest BCUT2D eigenvalue weighted by Gasteiger charge is -2.28. The molecule has 0 unspecified atom stereocenters. The number of benzene rings is 1. The van der Waals surface area contributed by atoms with Gasteiger partial charge in [-0.05, 0) is 30.4 Å². The van der Waals surface area contributed by atoms with Crippen LogP contribution in [0.5, 0.6) is 0 Å². The standard InChI is InChI=1S/C16H19N5OS/c17-15-18-19-16(21(15)13-5-6-13)23-10-14(22)20-8-7-11-3-1-2-4-12(11)9-20/h1-4,13H,5-10H2,(H2,17,18). The van der Waals surface area contributed by atoms with Crippen molar-refractivity contribution < 1.29 is 4.79 Å². The maximum absolute atomic E-state index is 12.5. The molecule has 23 heavy (non-hydrogen) atoms. The highest BCUT2D eigenvalue weighted by Crippen LogP contribution is 2.39. The Balaban J connectivity index is 1.39. The molecule has 7 heteroatoms. The van der Waals surface area contributed by atoms with Crippen molar-refractivity contribution in [1.82, 2.24) is 19.7 Å². The quantitative estimate of drug-likeness (QED) is 0.867. The van der Waals surface area contributed by atoms with E-state index in [1.807, 2.05) is 15.5 Å². The summed E-state index contributed by atoms with van der Waals surface area (Å²) in [6, 6.07) is 8.76. The van der Waals surface area contributed by atoms with E-state index < -0.39 is 0 Å². The van der Waals surface area contributed by atoms with Gasteiger partial charge in [0.15, 0.2) is 5.16 Å². The van der Waals surface area contributed by atoms with Gasteiger partial charge in [0.2, 0.25) is 11.9 Å². The third kappa shape index (κ3) is 2.93. The number of nitrogens with two attached hydrogens (primary N) is 1. The van der Waals surface area contributed by atoms with Gasteiger partial charge in [0, 0.05) is 19.1 Å². The third-order valence-electron chi connectivity index (χ3n) is 4.41. The average molecular weight is 329 g/mol. The van der Waals surface area contributed by atoms with Crippen LogP contribution in [0.4, 0.5) is 5.95 Å². The van der Waals surface area contributed by atoms with E-state index in [0.29, 0.717) is 24.3 Å². The molecule has 2 N–H and O–H groups in total. The molecule has 2 aromatic rings. The molecule has 2 heterocycles. The lowest BCUT2D eigenvalue weighted by atomic mass is 10.00. The van der Waals surface area contributed by atoms with Gasteiger partial charge in [-0.2, -0.15) is 0 Å². The highest BCUT2D eigenvalue weighted by atomic mass is 32.2. The summed E-state index contributed by atoms with van der Waals surface area (Å²) in [7, 11) is 0. The summed E-state index contributed by atoms with van der Waals surface area (Å²) in [6.45, 7) is 1.49.